The smallest absolute Gasteiger partial charge is 0.209 e. The number of carbonyl (C=O) groups excluding carboxylic acids is 1. The van der Waals surface area contributed by atoms with Crippen LogP contribution in [-0.2, 0) is 4.79 Å². The Labute approximate surface area is 48.8 Å². The van der Waals surface area contributed by atoms with E-state index in [0.717, 1.165) is 12.8 Å². The maximum absolute atomic E-state index is 10.0. The van der Waals surface area contributed by atoms with Crippen molar-refractivity contribution in [3.63, 3.8) is 0 Å². The molecule has 43 valence electrons. The third-order valence-corrected chi connectivity index (χ3v) is 1.31. The quantitative estimate of drug-likeness (QED) is 0.465. The highest BCUT2D eigenvalue weighted by molar-refractivity contribution is 5.48. The van der Waals surface area contributed by atoms with Crippen molar-refractivity contribution in [2.24, 2.45) is 0 Å². The second kappa shape index (κ2) is 1.99. The molecule has 1 amide bonds. The summed E-state index contributed by atoms with van der Waals surface area (Å²) in [5, 5.41) is 0. The minimum atomic E-state index is 0.257. The fraction of sp³-hybridized carbons (Fsp3) is 0.500. The standard InChI is InChI=1S/C6H8NO/c1-7(5-8)6-3-2-4-6/h2,5-6H,3H2,1H3. The Kier molecular flexibility index (Phi) is 1.33. The van der Waals surface area contributed by atoms with Crippen molar-refractivity contribution in [2.45, 2.75) is 12.5 Å². The van der Waals surface area contributed by atoms with Crippen LogP contribution in [0, 0.1) is 6.08 Å². The molecule has 1 aliphatic rings. The first kappa shape index (κ1) is 5.35. The van der Waals surface area contributed by atoms with Crippen LogP contribution in [0.15, 0.2) is 6.08 Å². The van der Waals surface area contributed by atoms with Gasteiger partial charge in [0.05, 0.1) is 6.04 Å². The summed E-state index contributed by atoms with van der Waals surface area (Å²) >= 11 is 0. The summed E-state index contributed by atoms with van der Waals surface area (Å²) < 4.78 is 0. The first-order chi connectivity index (χ1) is 3.84. The van der Waals surface area contributed by atoms with E-state index in [9.17, 15) is 4.79 Å². The molecule has 1 unspecified atom stereocenters. The van der Waals surface area contributed by atoms with Crippen LogP contribution in [-0.4, -0.2) is 24.4 Å². The molecule has 0 saturated heterocycles. The van der Waals surface area contributed by atoms with Crippen LogP contribution in [0.25, 0.3) is 0 Å². The molecule has 0 fully saturated rings. The Morgan fingerprint density at radius 2 is 2.62 bits per heavy atom. The lowest BCUT2D eigenvalue weighted by molar-refractivity contribution is -0.118. The molecular formula is C6H8NO. The van der Waals surface area contributed by atoms with Gasteiger partial charge in [-0.3, -0.25) is 4.79 Å². The predicted molar refractivity (Wildman–Crippen MR) is 30.0 cm³/mol. The monoisotopic (exact) mass is 110 g/mol. The van der Waals surface area contributed by atoms with E-state index < -0.39 is 0 Å². The van der Waals surface area contributed by atoms with Gasteiger partial charge in [-0.1, -0.05) is 6.08 Å². The van der Waals surface area contributed by atoms with Gasteiger partial charge < -0.3 is 4.90 Å². The summed E-state index contributed by atoms with van der Waals surface area (Å²) in [4.78, 5) is 11.6. The number of hydrogen-bond donors (Lipinski definition) is 0. The van der Waals surface area contributed by atoms with Crippen LogP contribution >= 0.6 is 0 Å². The van der Waals surface area contributed by atoms with Gasteiger partial charge in [0.25, 0.3) is 0 Å². The molecule has 0 aromatic carbocycles. The van der Waals surface area contributed by atoms with E-state index in [1.807, 2.05) is 6.08 Å². The van der Waals surface area contributed by atoms with E-state index in [1.54, 1.807) is 11.9 Å². The number of amides is 1. The average Bonchev–Trinajstić information content (AvgIpc) is 1.62. The fourth-order valence-corrected chi connectivity index (χ4v) is 0.581. The lowest BCUT2D eigenvalue weighted by atomic mass is 10.0. The molecule has 0 aromatic rings. The predicted octanol–water partition coefficient (Wildman–Crippen LogP) is 0.206. The highest BCUT2D eigenvalue weighted by atomic mass is 16.1. The van der Waals surface area contributed by atoms with Gasteiger partial charge in [-0.25, -0.2) is 0 Å². The minimum Gasteiger partial charge on any atom is -0.341 e. The summed E-state index contributed by atoms with van der Waals surface area (Å²) in [5.74, 6) is 0. The van der Waals surface area contributed by atoms with E-state index in [0.29, 0.717) is 0 Å². The molecule has 2 nitrogen and oxygen atoms in total. The van der Waals surface area contributed by atoms with Crippen LogP contribution in [0.4, 0.5) is 0 Å². The van der Waals surface area contributed by atoms with Gasteiger partial charge in [-0.2, -0.15) is 0 Å². The summed E-state index contributed by atoms with van der Waals surface area (Å²) in [6.45, 7) is 0. The lowest BCUT2D eigenvalue weighted by Gasteiger charge is -2.24. The van der Waals surface area contributed by atoms with Gasteiger partial charge in [-0.05, 0) is 12.5 Å². The Bertz CT molecular complexity index is 120. The average molecular weight is 110 g/mol. The third-order valence-electron chi connectivity index (χ3n) is 1.31. The molecule has 1 radical (unpaired) electrons. The van der Waals surface area contributed by atoms with Crippen molar-refractivity contribution in [3.05, 3.63) is 12.2 Å². The molecule has 0 bridgehead atoms. The molecule has 0 aromatic heterocycles. The zero-order chi connectivity index (χ0) is 5.98. The summed E-state index contributed by atoms with van der Waals surface area (Å²) in [5.41, 5.74) is 0. The van der Waals surface area contributed by atoms with Crippen molar-refractivity contribution in [1.29, 1.82) is 0 Å². The van der Waals surface area contributed by atoms with Crippen LogP contribution in [0.3, 0.4) is 0 Å². The van der Waals surface area contributed by atoms with Gasteiger partial charge >= 0.3 is 0 Å². The highest BCUT2D eigenvalue weighted by Crippen LogP contribution is 2.10. The maximum atomic E-state index is 10.0. The van der Waals surface area contributed by atoms with Crippen molar-refractivity contribution < 1.29 is 4.79 Å². The fourth-order valence-electron chi connectivity index (χ4n) is 0.581. The van der Waals surface area contributed by atoms with Gasteiger partial charge in [0.15, 0.2) is 0 Å². The topological polar surface area (TPSA) is 20.3 Å². The van der Waals surface area contributed by atoms with Crippen molar-refractivity contribution in [2.75, 3.05) is 7.05 Å². The second-order valence-electron chi connectivity index (χ2n) is 1.89. The van der Waals surface area contributed by atoms with Gasteiger partial charge in [0.2, 0.25) is 6.41 Å². The van der Waals surface area contributed by atoms with Crippen LogP contribution < -0.4 is 0 Å². The molecule has 0 N–H and O–H groups in total. The summed E-state index contributed by atoms with van der Waals surface area (Å²) in [6, 6.07) is 0.257. The maximum Gasteiger partial charge on any atom is 0.209 e. The second-order valence-corrected chi connectivity index (χ2v) is 1.89. The Morgan fingerprint density at radius 3 is 2.75 bits per heavy atom. The van der Waals surface area contributed by atoms with E-state index in [1.165, 1.54) is 0 Å². The molecule has 2 heteroatoms. The van der Waals surface area contributed by atoms with Gasteiger partial charge in [0.1, 0.15) is 0 Å². The normalized spacial score (nSPS) is 24.4. The molecule has 0 heterocycles. The molecule has 8 heavy (non-hydrogen) atoms. The molecule has 0 spiro atoms. The van der Waals surface area contributed by atoms with E-state index in [4.69, 9.17) is 0 Å². The van der Waals surface area contributed by atoms with Crippen LogP contribution in [0.5, 0.6) is 0 Å². The lowest BCUT2D eigenvalue weighted by Crippen LogP contribution is -2.32. The molecular weight excluding hydrogens is 102 g/mol. The Morgan fingerprint density at radius 1 is 2.00 bits per heavy atom. The number of rotatable bonds is 2. The number of likely N-dealkylation sites (N-methyl/N-ethyl adjacent to an activating group) is 1. The molecule has 1 rings (SSSR count). The Hall–Kier alpha value is -0.790. The van der Waals surface area contributed by atoms with Crippen LogP contribution in [0.1, 0.15) is 6.42 Å². The van der Waals surface area contributed by atoms with Crippen LogP contribution in [0.2, 0.25) is 0 Å². The number of hydrogen-bond acceptors (Lipinski definition) is 1. The van der Waals surface area contributed by atoms with Crippen molar-refractivity contribution in [3.8, 4) is 0 Å². The zero-order valence-corrected chi connectivity index (χ0v) is 4.79. The SMILES string of the molecule is CN(C=O)C1[C]=CC1. The zero-order valence-electron chi connectivity index (χ0n) is 4.79. The van der Waals surface area contributed by atoms with Crippen molar-refractivity contribution >= 4 is 6.41 Å². The van der Waals surface area contributed by atoms with Crippen molar-refractivity contribution in [1.82, 2.24) is 4.90 Å². The molecule has 0 aliphatic heterocycles. The number of carbonyl (C=O) groups is 1. The third kappa shape index (κ3) is 0.735. The van der Waals surface area contributed by atoms with E-state index in [2.05, 4.69) is 6.08 Å². The highest BCUT2D eigenvalue weighted by Gasteiger charge is 2.13. The Balaban J connectivity index is 2.35. The number of nitrogens with zero attached hydrogens (tertiary/aromatic N) is 1. The first-order valence-electron chi connectivity index (χ1n) is 2.59. The summed E-state index contributed by atoms with van der Waals surface area (Å²) in [7, 11) is 1.76. The molecule has 1 atom stereocenters. The van der Waals surface area contributed by atoms with Gasteiger partial charge in [-0.15, -0.1) is 0 Å². The molecule has 0 saturated carbocycles. The van der Waals surface area contributed by atoms with E-state index >= 15 is 0 Å². The first-order valence-corrected chi connectivity index (χ1v) is 2.59. The minimum absolute atomic E-state index is 0.257. The largest absolute Gasteiger partial charge is 0.341 e. The van der Waals surface area contributed by atoms with Gasteiger partial charge in [0, 0.05) is 7.05 Å². The molecule has 1 aliphatic carbocycles. The summed E-state index contributed by atoms with van der Waals surface area (Å²) in [6.07, 6.45) is 6.69. The van der Waals surface area contributed by atoms with E-state index in [-0.39, 0.29) is 6.04 Å².